The molecule has 0 fully saturated rings. The van der Waals surface area contributed by atoms with Crippen LogP contribution in [0.25, 0.3) is 0 Å². The largest absolute Gasteiger partial charge is 0.486 e. The maximum Gasteiger partial charge on any atom is 0.162 e. The highest BCUT2D eigenvalue weighted by Crippen LogP contribution is 2.34. The van der Waals surface area contributed by atoms with Gasteiger partial charge in [0.25, 0.3) is 0 Å². The molecule has 1 aromatic rings. The Hall–Kier alpha value is -0.950. The van der Waals surface area contributed by atoms with Crippen molar-refractivity contribution in [2.24, 2.45) is 0 Å². The summed E-state index contributed by atoms with van der Waals surface area (Å²) in [6.07, 6.45) is -0.522. The first kappa shape index (κ1) is 16.4. The van der Waals surface area contributed by atoms with Gasteiger partial charge in [0, 0.05) is 17.8 Å². The number of ether oxygens (including phenoxy) is 4. The van der Waals surface area contributed by atoms with Crippen LogP contribution in [0.3, 0.4) is 0 Å². The van der Waals surface area contributed by atoms with Crippen LogP contribution in [0.2, 0.25) is 0 Å². The van der Waals surface area contributed by atoms with Gasteiger partial charge in [-0.1, -0.05) is 0 Å². The van der Waals surface area contributed by atoms with E-state index >= 15 is 0 Å². The summed E-state index contributed by atoms with van der Waals surface area (Å²) in [4.78, 5) is 1.04. The molecule has 2 unspecified atom stereocenters. The van der Waals surface area contributed by atoms with E-state index in [1.165, 1.54) is 0 Å². The molecular weight excluding hydrogens is 292 g/mol. The maximum absolute atomic E-state index is 9.92. The van der Waals surface area contributed by atoms with Crippen LogP contribution in [0.15, 0.2) is 23.1 Å². The number of aliphatic hydroxyl groups is 1. The molecule has 1 N–H and O–H groups in total. The lowest BCUT2D eigenvalue weighted by atomic mass is 10.3. The smallest absolute Gasteiger partial charge is 0.162 e. The minimum absolute atomic E-state index is 0.0102. The lowest BCUT2D eigenvalue weighted by Gasteiger charge is -2.19. The summed E-state index contributed by atoms with van der Waals surface area (Å²) in [5, 5.41) is 9.92. The third kappa shape index (κ3) is 5.39. The molecule has 0 spiro atoms. The van der Waals surface area contributed by atoms with Gasteiger partial charge < -0.3 is 24.1 Å². The van der Waals surface area contributed by atoms with Crippen molar-refractivity contribution in [3.63, 3.8) is 0 Å². The fourth-order valence-corrected chi connectivity index (χ4v) is 2.75. The molecule has 0 saturated heterocycles. The summed E-state index contributed by atoms with van der Waals surface area (Å²) >= 11 is 1.57. The van der Waals surface area contributed by atoms with Gasteiger partial charge in [-0.2, -0.15) is 0 Å². The molecule has 1 aromatic carbocycles. The van der Waals surface area contributed by atoms with E-state index in [1.54, 1.807) is 18.9 Å². The topological polar surface area (TPSA) is 57.2 Å². The first-order valence-electron chi connectivity index (χ1n) is 7.00. The summed E-state index contributed by atoms with van der Waals surface area (Å²) in [7, 11) is 1.63. The molecule has 0 amide bonds. The van der Waals surface area contributed by atoms with Crippen molar-refractivity contribution in [3.8, 4) is 11.5 Å². The average Bonchev–Trinajstić information content (AvgIpc) is 2.51. The Morgan fingerprint density at radius 3 is 2.76 bits per heavy atom. The Balaban J connectivity index is 1.74. The zero-order valence-electron chi connectivity index (χ0n) is 12.4. The first-order chi connectivity index (χ1) is 10.2. The molecule has 0 aromatic heterocycles. The number of fused-ring (bicyclic) bond motifs is 1. The lowest BCUT2D eigenvalue weighted by molar-refractivity contribution is -0.0257. The van der Waals surface area contributed by atoms with Crippen LogP contribution >= 0.6 is 11.8 Å². The van der Waals surface area contributed by atoms with Crippen molar-refractivity contribution in [2.75, 3.05) is 39.3 Å². The summed E-state index contributed by atoms with van der Waals surface area (Å²) in [5.74, 6) is 2.12. The molecule has 0 radical (unpaired) electrons. The molecule has 1 aliphatic rings. The monoisotopic (exact) mass is 314 g/mol. The van der Waals surface area contributed by atoms with E-state index in [1.807, 2.05) is 25.1 Å². The zero-order chi connectivity index (χ0) is 15.1. The maximum atomic E-state index is 9.92. The Bertz CT molecular complexity index is 440. The number of benzene rings is 1. The summed E-state index contributed by atoms with van der Waals surface area (Å²) < 4.78 is 21.5. The van der Waals surface area contributed by atoms with E-state index in [2.05, 4.69) is 0 Å². The molecule has 2 atom stereocenters. The normalized spacial score (nSPS) is 16.5. The molecule has 0 saturated carbocycles. The van der Waals surface area contributed by atoms with Gasteiger partial charge in [0.1, 0.15) is 13.2 Å². The minimum Gasteiger partial charge on any atom is -0.486 e. The van der Waals surface area contributed by atoms with E-state index in [-0.39, 0.29) is 6.10 Å². The molecule has 2 rings (SSSR count). The second-order valence-corrected chi connectivity index (χ2v) is 5.96. The van der Waals surface area contributed by atoms with Crippen LogP contribution in [0.1, 0.15) is 6.92 Å². The fourth-order valence-electron chi connectivity index (χ4n) is 1.91. The van der Waals surface area contributed by atoms with E-state index in [9.17, 15) is 5.11 Å². The molecule has 5 nitrogen and oxygen atoms in total. The first-order valence-corrected chi connectivity index (χ1v) is 7.98. The number of methoxy groups -OCH3 is 1. The van der Waals surface area contributed by atoms with Crippen LogP contribution in [0.5, 0.6) is 11.5 Å². The molecule has 1 heterocycles. The molecule has 21 heavy (non-hydrogen) atoms. The molecule has 0 aliphatic carbocycles. The van der Waals surface area contributed by atoms with Crippen LogP contribution in [0, 0.1) is 0 Å². The van der Waals surface area contributed by atoms with Crippen LogP contribution in [-0.2, 0) is 9.47 Å². The summed E-state index contributed by atoms with van der Waals surface area (Å²) in [5.41, 5.74) is 0. The molecule has 6 heteroatoms. The highest BCUT2D eigenvalue weighted by atomic mass is 32.2. The van der Waals surface area contributed by atoms with Crippen molar-refractivity contribution in [1.29, 1.82) is 0 Å². The van der Waals surface area contributed by atoms with E-state index in [4.69, 9.17) is 18.9 Å². The number of hydrogen-bond donors (Lipinski definition) is 1. The Morgan fingerprint density at radius 1 is 1.24 bits per heavy atom. The Labute approximate surface area is 129 Å². The zero-order valence-corrected chi connectivity index (χ0v) is 13.2. The van der Waals surface area contributed by atoms with Gasteiger partial charge in [-0.3, -0.25) is 0 Å². The summed E-state index contributed by atoms with van der Waals surface area (Å²) in [6, 6.07) is 5.82. The van der Waals surface area contributed by atoms with Gasteiger partial charge in [0.05, 0.1) is 25.4 Å². The molecule has 1 aliphatic heterocycles. The van der Waals surface area contributed by atoms with E-state index in [0.29, 0.717) is 32.2 Å². The Morgan fingerprint density at radius 2 is 2.00 bits per heavy atom. The third-order valence-corrected chi connectivity index (χ3v) is 4.07. The highest BCUT2D eigenvalue weighted by Gasteiger charge is 2.13. The van der Waals surface area contributed by atoms with Gasteiger partial charge in [-0.25, -0.2) is 0 Å². The van der Waals surface area contributed by atoms with Gasteiger partial charge in [-0.15, -0.1) is 11.8 Å². The fraction of sp³-hybridized carbons (Fsp3) is 0.600. The predicted molar refractivity (Wildman–Crippen MR) is 81.5 cm³/mol. The van der Waals surface area contributed by atoms with Crippen molar-refractivity contribution < 1.29 is 24.1 Å². The lowest BCUT2D eigenvalue weighted by Crippen LogP contribution is -2.24. The molecular formula is C15H22O5S. The second kappa shape index (κ2) is 8.48. The van der Waals surface area contributed by atoms with Gasteiger partial charge >= 0.3 is 0 Å². The standard InChI is InChI=1S/C15H22O5S/c1-11(8-17-2)20-9-12(16)10-21-13-3-4-14-15(7-13)19-6-5-18-14/h3-4,7,11-12,16H,5-6,8-10H2,1-2H3. The van der Waals surface area contributed by atoms with Gasteiger partial charge in [-0.05, 0) is 25.1 Å². The van der Waals surface area contributed by atoms with Crippen LogP contribution < -0.4 is 9.47 Å². The van der Waals surface area contributed by atoms with Crippen molar-refractivity contribution in [3.05, 3.63) is 18.2 Å². The quantitative estimate of drug-likeness (QED) is 0.740. The highest BCUT2D eigenvalue weighted by molar-refractivity contribution is 7.99. The minimum atomic E-state index is -0.512. The van der Waals surface area contributed by atoms with E-state index < -0.39 is 6.10 Å². The second-order valence-electron chi connectivity index (χ2n) is 4.87. The molecule has 0 bridgehead atoms. The average molecular weight is 314 g/mol. The number of aliphatic hydroxyl groups excluding tert-OH is 1. The van der Waals surface area contributed by atoms with Crippen LogP contribution in [0.4, 0.5) is 0 Å². The summed E-state index contributed by atoms with van der Waals surface area (Å²) in [6.45, 7) is 3.93. The number of hydrogen-bond acceptors (Lipinski definition) is 6. The van der Waals surface area contributed by atoms with Gasteiger partial charge in [0.15, 0.2) is 11.5 Å². The van der Waals surface area contributed by atoms with E-state index in [0.717, 1.165) is 16.4 Å². The third-order valence-electron chi connectivity index (χ3n) is 2.93. The van der Waals surface area contributed by atoms with Crippen molar-refractivity contribution >= 4 is 11.8 Å². The van der Waals surface area contributed by atoms with Crippen molar-refractivity contribution in [2.45, 2.75) is 24.0 Å². The number of rotatable bonds is 8. The van der Waals surface area contributed by atoms with Gasteiger partial charge in [0.2, 0.25) is 0 Å². The SMILES string of the molecule is COCC(C)OCC(O)CSc1ccc2c(c1)OCCO2. The Kier molecular flexibility index (Phi) is 6.63. The predicted octanol–water partition coefficient (Wildman–Crippen LogP) is 1.96. The number of thioether (sulfide) groups is 1. The van der Waals surface area contributed by atoms with Crippen LogP contribution in [-0.4, -0.2) is 56.6 Å². The molecule has 118 valence electrons. The van der Waals surface area contributed by atoms with Crippen molar-refractivity contribution in [1.82, 2.24) is 0 Å².